The Morgan fingerprint density at radius 2 is 2.06 bits per heavy atom. The van der Waals surface area contributed by atoms with Crippen LogP contribution in [0.5, 0.6) is 0 Å². The molecule has 3 aliphatic rings. The molecule has 5 nitrogen and oxygen atoms in total. The van der Waals surface area contributed by atoms with Gasteiger partial charge in [-0.25, -0.2) is 9.37 Å². The van der Waals surface area contributed by atoms with E-state index in [1.165, 1.54) is 6.07 Å². The molecule has 0 saturated carbocycles. The molecule has 4 atom stereocenters. The topological polar surface area (TPSA) is 49.6 Å². The number of aromatic nitrogens is 1. The van der Waals surface area contributed by atoms with Crippen LogP contribution in [0.4, 0.5) is 10.2 Å². The van der Waals surface area contributed by atoms with E-state index >= 15 is 0 Å². The lowest BCUT2D eigenvalue weighted by Crippen LogP contribution is -2.65. The molecule has 2 aromatic heterocycles. The van der Waals surface area contributed by atoms with Crippen molar-refractivity contribution in [2.24, 2.45) is 11.8 Å². The zero-order chi connectivity index (χ0) is 20.9. The molecule has 0 unspecified atom stereocenters. The van der Waals surface area contributed by atoms with Crippen LogP contribution in [-0.4, -0.2) is 41.0 Å². The van der Waals surface area contributed by atoms with E-state index in [1.54, 1.807) is 18.4 Å². The summed E-state index contributed by atoms with van der Waals surface area (Å²) in [6, 6.07) is 11.1. The van der Waals surface area contributed by atoms with Gasteiger partial charge in [0, 0.05) is 37.8 Å². The van der Waals surface area contributed by atoms with Crippen LogP contribution in [0.15, 0.2) is 53.3 Å². The Labute approximate surface area is 180 Å². The monoisotopic (exact) mass is 419 g/mol. The quantitative estimate of drug-likeness (QED) is 0.631. The third-order valence-corrected chi connectivity index (χ3v) is 7.49. The number of benzene rings is 1. The fraction of sp³-hybridized carbons (Fsp3) is 0.440. The van der Waals surface area contributed by atoms with E-state index in [-0.39, 0.29) is 23.8 Å². The Morgan fingerprint density at radius 3 is 2.97 bits per heavy atom. The molecule has 3 fully saturated rings. The summed E-state index contributed by atoms with van der Waals surface area (Å²) in [5.41, 5.74) is 1.82. The van der Waals surface area contributed by atoms with E-state index in [4.69, 9.17) is 9.40 Å². The molecule has 3 aliphatic heterocycles. The third kappa shape index (κ3) is 3.20. The Morgan fingerprint density at radius 1 is 1.16 bits per heavy atom. The fourth-order valence-corrected chi connectivity index (χ4v) is 6.25. The number of rotatable bonds is 3. The van der Waals surface area contributed by atoms with Gasteiger partial charge in [-0.1, -0.05) is 12.1 Å². The molecule has 0 radical (unpaired) electrons. The molecule has 3 saturated heterocycles. The zero-order valence-corrected chi connectivity index (χ0v) is 17.4. The Kier molecular flexibility index (Phi) is 4.47. The van der Waals surface area contributed by atoms with E-state index in [1.807, 2.05) is 24.4 Å². The standard InChI is InChI=1S/C25H26FN3O2/c26-19-4-1-3-16(11-19)12-22-18-13-17(21-5-2-6-24(30)29(21)22)14-28(15-18)25-20-8-10-31-23(20)7-9-27-25/h1,3-4,7-11,17-18,21-22H,2,5-6,12-15H2/t17-,18+,21+,22+/m1/s1. The molecule has 6 heteroatoms. The van der Waals surface area contributed by atoms with Crippen molar-refractivity contribution >= 4 is 22.7 Å². The summed E-state index contributed by atoms with van der Waals surface area (Å²) in [6.45, 7) is 1.76. The summed E-state index contributed by atoms with van der Waals surface area (Å²) in [5.74, 6) is 1.81. The van der Waals surface area contributed by atoms with Gasteiger partial charge in [0.05, 0.1) is 11.6 Å². The molecular formula is C25H26FN3O2. The minimum atomic E-state index is -0.214. The first kappa shape index (κ1) is 18.8. The molecule has 1 amide bonds. The van der Waals surface area contributed by atoms with Crippen LogP contribution in [0.2, 0.25) is 0 Å². The number of carbonyl (C=O) groups excluding carboxylic acids is 1. The Bertz CT molecular complexity index is 1130. The van der Waals surface area contributed by atoms with Gasteiger partial charge in [-0.3, -0.25) is 4.79 Å². The lowest BCUT2D eigenvalue weighted by Gasteiger charge is -2.57. The molecule has 1 aromatic carbocycles. The summed E-state index contributed by atoms with van der Waals surface area (Å²) in [7, 11) is 0. The number of nitrogens with zero attached hydrogens (tertiary/aromatic N) is 3. The normalized spacial score (nSPS) is 28.1. The van der Waals surface area contributed by atoms with Crippen LogP contribution in [0, 0.1) is 17.7 Å². The molecular weight excluding hydrogens is 393 g/mol. The van der Waals surface area contributed by atoms with Crippen LogP contribution in [0.3, 0.4) is 0 Å². The second kappa shape index (κ2) is 7.36. The number of piperidine rings is 3. The number of amides is 1. The predicted octanol–water partition coefficient (Wildman–Crippen LogP) is 4.42. The largest absolute Gasteiger partial charge is 0.464 e. The van der Waals surface area contributed by atoms with Crippen LogP contribution in [-0.2, 0) is 11.2 Å². The summed E-state index contributed by atoms with van der Waals surface area (Å²) in [6.07, 6.45) is 8.00. The van der Waals surface area contributed by atoms with E-state index in [2.05, 4.69) is 9.80 Å². The average molecular weight is 420 g/mol. The van der Waals surface area contributed by atoms with Crippen molar-refractivity contribution in [2.75, 3.05) is 18.0 Å². The molecule has 0 aliphatic carbocycles. The Balaban J connectivity index is 1.37. The highest BCUT2D eigenvalue weighted by molar-refractivity contribution is 5.88. The van der Waals surface area contributed by atoms with Crippen molar-refractivity contribution in [1.82, 2.24) is 9.88 Å². The second-order valence-electron chi connectivity index (χ2n) is 9.29. The first-order chi connectivity index (χ1) is 15.2. The van der Waals surface area contributed by atoms with Gasteiger partial charge in [-0.05, 0) is 67.3 Å². The molecule has 0 spiro atoms. The van der Waals surface area contributed by atoms with Crippen LogP contribution in [0.25, 0.3) is 11.0 Å². The van der Waals surface area contributed by atoms with Gasteiger partial charge in [0.1, 0.15) is 17.2 Å². The summed E-state index contributed by atoms with van der Waals surface area (Å²) in [4.78, 5) is 22.3. The number of furan rings is 1. The van der Waals surface area contributed by atoms with Crippen LogP contribution < -0.4 is 4.90 Å². The summed E-state index contributed by atoms with van der Waals surface area (Å²) < 4.78 is 19.5. The van der Waals surface area contributed by atoms with Crippen molar-refractivity contribution in [1.29, 1.82) is 0 Å². The minimum Gasteiger partial charge on any atom is -0.464 e. The van der Waals surface area contributed by atoms with Crippen molar-refractivity contribution in [3.63, 3.8) is 0 Å². The molecule has 6 rings (SSSR count). The first-order valence-electron chi connectivity index (χ1n) is 11.3. The SMILES string of the molecule is O=C1CCC[C@H]2[C@@H]3C[C@@H](CN(c4nccc5occc45)C3)[C@H](Cc3cccc(F)c3)N12. The number of anilines is 1. The third-order valence-electron chi connectivity index (χ3n) is 7.49. The maximum atomic E-state index is 13.9. The van der Waals surface area contributed by atoms with Crippen molar-refractivity contribution in [3.8, 4) is 0 Å². The predicted molar refractivity (Wildman–Crippen MR) is 116 cm³/mol. The number of carbonyl (C=O) groups is 1. The molecule has 0 N–H and O–H groups in total. The van der Waals surface area contributed by atoms with E-state index < -0.39 is 0 Å². The highest BCUT2D eigenvalue weighted by Crippen LogP contribution is 2.44. The molecule has 3 aromatic rings. The fourth-order valence-electron chi connectivity index (χ4n) is 6.25. The summed E-state index contributed by atoms with van der Waals surface area (Å²) >= 11 is 0. The maximum absolute atomic E-state index is 13.9. The molecule has 160 valence electrons. The van der Waals surface area contributed by atoms with Crippen LogP contribution >= 0.6 is 0 Å². The van der Waals surface area contributed by atoms with Crippen molar-refractivity contribution in [3.05, 3.63) is 60.2 Å². The first-order valence-corrected chi connectivity index (χ1v) is 11.3. The van der Waals surface area contributed by atoms with Crippen molar-refractivity contribution < 1.29 is 13.6 Å². The summed E-state index contributed by atoms with van der Waals surface area (Å²) in [5, 5.41) is 1.04. The van der Waals surface area contributed by atoms with Gasteiger partial charge in [0.2, 0.25) is 5.91 Å². The van der Waals surface area contributed by atoms with Crippen molar-refractivity contribution in [2.45, 2.75) is 44.2 Å². The Hall–Kier alpha value is -2.89. The van der Waals surface area contributed by atoms with E-state index in [0.29, 0.717) is 24.7 Å². The van der Waals surface area contributed by atoms with Gasteiger partial charge in [-0.15, -0.1) is 0 Å². The lowest BCUT2D eigenvalue weighted by molar-refractivity contribution is -0.148. The maximum Gasteiger partial charge on any atom is 0.223 e. The highest BCUT2D eigenvalue weighted by atomic mass is 19.1. The van der Waals surface area contributed by atoms with Gasteiger partial charge in [-0.2, -0.15) is 0 Å². The second-order valence-corrected chi connectivity index (χ2v) is 9.29. The number of fused-ring (bicyclic) bond motifs is 5. The number of hydrogen-bond acceptors (Lipinski definition) is 4. The molecule has 31 heavy (non-hydrogen) atoms. The van der Waals surface area contributed by atoms with Gasteiger partial charge < -0.3 is 14.2 Å². The smallest absolute Gasteiger partial charge is 0.223 e. The van der Waals surface area contributed by atoms with E-state index in [9.17, 15) is 9.18 Å². The van der Waals surface area contributed by atoms with Gasteiger partial charge in [0.25, 0.3) is 0 Å². The van der Waals surface area contributed by atoms with Gasteiger partial charge in [0.15, 0.2) is 0 Å². The lowest BCUT2D eigenvalue weighted by atomic mass is 9.70. The zero-order valence-electron chi connectivity index (χ0n) is 17.4. The number of pyridine rings is 1. The van der Waals surface area contributed by atoms with E-state index in [0.717, 1.165) is 54.7 Å². The van der Waals surface area contributed by atoms with Gasteiger partial charge >= 0.3 is 0 Å². The highest BCUT2D eigenvalue weighted by Gasteiger charge is 2.49. The van der Waals surface area contributed by atoms with Crippen LogP contribution in [0.1, 0.15) is 31.2 Å². The minimum absolute atomic E-state index is 0.0993. The molecule has 5 heterocycles. The number of halogens is 1. The number of hydrogen-bond donors (Lipinski definition) is 0. The average Bonchev–Trinajstić information content (AvgIpc) is 3.26. The molecule has 2 bridgehead atoms.